The second kappa shape index (κ2) is 8.32. The average Bonchev–Trinajstić information content (AvgIpc) is 2.38. The van der Waals surface area contributed by atoms with Crippen molar-refractivity contribution < 1.29 is 24.8 Å². The summed E-state index contributed by atoms with van der Waals surface area (Å²) in [7, 11) is -2.60. The zero-order chi connectivity index (χ0) is 13.2. The van der Waals surface area contributed by atoms with E-state index in [-0.39, 0.29) is 0 Å². The Balaban J connectivity index is 0.000000357. The summed E-state index contributed by atoms with van der Waals surface area (Å²) >= 11 is 0. The van der Waals surface area contributed by atoms with Crippen LogP contribution >= 0.6 is 0 Å². The second-order valence-electron chi connectivity index (χ2n) is 3.18. The lowest BCUT2D eigenvalue weighted by Crippen LogP contribution is -2.30. The van der Waals surface area contributed by atoms with Crippen molar-refractivity contribution in [3.05, 3.63) is 60.7 Å². The molecule has 6 heteroatoms. The van der Waals surface area contributed by atoms with E-state index in [9.17, 15) is 0 Å². The molecule has 0 spiro atoms. The summed E-state index contributed by atoms with van der Waals surface area (Å²) in [6.45, 7) is 0. The smallest absolute Gasteiger partial charge is 0.282 e. The largest absolute Gasteiger partial charge is 0.321 e. The van der Waals surface area contributed by atoms with Crippen molar-refractivity contribution in [2.75, 3.05) is 10.9 Å². The van der Waals surface area contributed by atoms with Gasteiger partial charge in [-0.15, -0.1) is 0 Å². The summed E-state index contributed by atoms with van der Waals surface area (Å²) in [5.74, 6) is 0. The van der Waals surface area contributed by atoms with E-state index >= 15 is 0 Å². The van der Waals surface area contributed by atoms with Crippen LogP contribution in [0, 0.1) is 10.8 Å². The summed E-state index contributed by atoms with van der Waals surface area (Å²) < 4.78 is 24.0. The standard InChI is InChI=1S/C12H12N2.ClHO3/c1-3-7-11(8-4-1)13-14-12-9-5-2-6-10-12;2-1(3)4/h1-10,13-14H;2H. The molecular weight excluding hydrogens is 256 g/mol. The number of benzene rings is 2. The Kier molecular flexibility index (Phi) is 6.60. The minimum atomic E-state index is -2.60. The van der Waals surface area contributed by atoms with Crippen LogP contribution in [0.3, 0.4) is 0 Å². The highest BCUT2D eigenvalue weighted by Gasteiger charge is 1.88. The highest BCUT2D eigenvalue weighted by Crippen LogP contribution is 2.08. The van der Waals surface area contributed by atoms with E-state index in [1.54, 1.807) is 0 Å². The SMILES string of the molecule is [O-][Cl+2]([O-])O.c1ccc(NNc2ccccc2)cc1. The van der Waals surface area contributed by atoms with Gasteiger partial charge in [-0.1, -0.05) is 36.4 Å². The molecule has 0 fully saturated rings. The molecule has 0 atom stereocenters. The summed E-state index contributed by atoms with van der Waals surface area (Å²) in [5, 5.41) is 0. The molecule has 0 saturated carbocycles. The normalized spacial score (nSPS) is 9.33. The van der Waals surface area contributed by atoms with Gasteiger partial charge in [0, 0.05) is 4.66 Å². The van der Waals surface area contributed by atoms with E-state index in [2.05, 4.69) is 10.9 Å². The zero-order valence-electron chi connectivity index (χ0n) is 9.42. The fourth-order valence-electron chi connectivity index (χ4n) is 1.19. The van der Waals surface area contributed by atoms with E-state index in [0.29, 0.717) is 0 Å². The first-order valence-corrected chi connectivity index (χ1v) is 6.00. The maximum absolute atomic E-state index is 8.52. The van der Waals surface area contributed by atoms with Gasteiger partial charge in [0.2, 0.25) is 0 Å². The molecule has 3 N–H and O–H groups in total. The van der Waals surface area contributed by atoms with Crippen LogP contribution in [0.2, 0.25) is 0 Å². The van der Waals surface area contributed by atoms with Crippen LogP contribution < -0.4 is 20.2 Å². The summed E-state index contributed by atoms with van der Waals surface area (Å²) in [4.78, 5) is 0. The van der Waals surface area contributed by atoms with Crippen molar-refractivity contribution in [1.82, 2.24) is 0 Å². The number of halogens is 1. The number of hydrogen-bond donors (Lipinski definition) is 3. The molecule has 0 aromatic heterocycles. The third-order valence-electron chi connectivity index (χ3n) is 1.90. The van der Waals surface area contributed by atoms with E-state index in [1.807, 2.05) is 60.7 Å². The van der Waals surface area contributed by atoms with Crippen molar-refractivity contribution in [2.24, 2.45) is 0 Å². The molecule has 2 aromatic carbocycles. The van der Waals surface area contributed by atoms with Crippen LogP contribution in [-0.2, 0) is 0 Å². The van der Waals surface area contributed by atoms with Gasteiger partial charge in [-0.05, 0) is 24.3 Å². The highest BCUT2D eigenvalue weighted by molar-refractivity contribution is 5.51. The molecule has 18 heavy (non-hydrogen) atoms. The summed E-state index contributed by atoms with van der Waals surface area (Å²) in [5.41, 5.74) is 8.33. The first-order valence-electron chi connectivity index (χ1n) is 5.05. The lowest BCUT2D eigenvalue weighted by Gasteiger charge is -2.08. The number of hydrogen-bond acceptors (Lipinski definition) is 5. The maximum atomic E-state index is 8.52. The van der Waals surface area contributed by atoms with Crippen molar-refractivity contribution in [2.45, 2.75) is 0 Å². The van der Waals surface area contributed by atoms with Crippen LogP contribution in [0.4, 0.5) is 11.4 Å². The lowest BCUT2D eigenvalue weighted by molar-refractivity contribution is -1.63. The number of anilines is 2. The molecule has 0 radical (unpaired) electrons. The lowest BCUT2D eigenvalue weighted by atomic mass is 10.3. The van der Waals surface area contributed by atoms with Gasteiger partial charge in [0.25, 0.3) is 10.8 Å². The predicted octanol–water partition coefficient (Wildman–Crippen LogP) is 0.191. The molecule has 0 saturated heterocycles. The third-order valence-corrected chi connectivity index (χ3v) is 1.90. The molecule has 0 amide bonds. The van der Waals surface area contributed by atoms with E-state index in [0.717, 1.165) is 11.4 Å². The van der Waals surface area contributed by atoms with Crippen LogP contribution in [0.5, 0.6) is 0 Å². The molecule has 0 heterocycles. The van der Waals surface area contributed by atoms with Crippen molar-refractivity contribution in [1.29, 1.82) is 0 Å². The Morgan fingerprint density at radius 2 is 1.00 bits per heavy atom. The fourth-order valence-corrected chi connectivity index (χ4v) is 1.19. The number of nitrogens with one attached hydrogen (secondary N) is 2. The fraction of sp³-hybridized carbons (Fsp3) is 0. The number of para-hydroxylation sites is 2. The van der Waals surface area contributed by atoms with Gasteiger partial charge < -0.3 is 20.2 Å². The highest BCUT2D eigenvalue weighted by atomic mass is 35.6. The molecular formula is C12H13ClN2O3. The first-order chi connectivity index (χ1) is 8.68. The molecule has 96 valence electrons. The van der Waals surface area contributed by atoms with Gasteiger partial charge in [0.05, 0.1) is 11.4 Å². The Hall–Kier alpha value is -1.79. The van der Waals surface area contributed by atoms with Crippen molar-refractivity contribution in [3.8, 4) is 0 Å². The molecule has 0 bridgehead atoms. The van der Waals surface area contributed by atoms with Crippen LogP contribution in [0.15, 0.2) is 60.7 Å². The third kappa shape index (κ3) is 6.72. The monoisotopic (exact) mass is 268 g/mol. The van der Waals surface area contributed by atoms with Gasteiger partial charge in [0.1, 0.15) is 0 Å². The van der Waals surface area contributed by atoms with Gasteiger partial charge in [-0.3, -0.25) is 0 Å². The summed E-state index contributed by atoms with van der Waals surface area (Å²) in [6.07, 6.45) is 0. The van der Waals surface area contributed by atoms with Gasteiger partial charge >= 0.3 is 0 Å². The van der Waals surface area contributed by atoms with Crippen LogP contribution in [0.25, 0.3) is 0 Å². The van der Waals surface area contributed by atoms with E-state index < -0.39 is 10.8 Å². The molecule has 2 rings (SSSR count). The molecule has 0 aliphatic carbocycles. The Labute approximate surface area is 108 Å². The molecule has 5 nitrogen and oxygen atoms in total. The van der Waals surface area contributed by atoms with Crippen molar-refractivity contribution in [3.63, 3.8) is 0 Å². The van der Waals surface area contributed by atoms with Gasteiger partial charge in [-0.25, -0.2) is 0 Å². The first kappa shape index (κ1) is 14.3. The summed E-state index contributed by atoms with van der Waals surface area (Å²) in [6, 6.07) is 20.0. The Bertz CT molecular complexity index is 384. The van der Waals surface area contributed by atoms with Gasteiger partial charge in [0.15, 0.2) is 0 Å². The topological polar surface area (TPSA) is 90.4 Å². The van der Waals surface area contributed by atoms with E-state index in [1.165, 1.54) is 0 Å². The van der Waals surface area contributed by atoms with Crippen LogP contribution in [0.1, 0.15) is 0 Å². The maximum Gasteiger partial charge on any atom is 0.282 e. The zero-order valence-corrected chi connectivity index (χ0v) is 10.2. The second-order valence-corrected chi connectivity index (χ2v) is 3.59. The molecule has 0 unspecified atom stereocenters. The van der Waals surface area contributed by atoms with E-state index in [4.69, 9.17) is 14.0 Å². The van der Waals surface area contributed by atoms with Gasteiger partial charge in [-0.2, -0.15) is 0 Å². The number of rotatable bonds is 3. The minimum Gasteiger partial charge on any atom is -0.321 e. The Morgan fingerprint density at radius 3 is 1.28 bits per heavy atom. The number of hydrazine groups is 1. The Morgan fingerprint density at radius 1 is 0.722 bits per heavy atom. The van der Waals surface area contributed by atoms with Crippen molar-refractivity contribution >= 4 is 11.4 Å². The predicted molar refractivity (Wildman–Crippen MR) is 62.3 cm³/mol. The quantitative estimate of drug-likeness (QED) is 0.692. The molecule has 0 aliphatic rings. The molecule has 2 aromatic rings. The minimum absolute atomic E-state index is 1.05. The molecule has 0 aliphatic heterocycles. The van der Waals surface area contributed by atoms with Crippen LogP contribution in [-0.4, -0.2) is 4.66 Å². The average molecular weight is 269 g/mol.